The van der Waals surface area contributed by atoms with Gasteiger partial charge in [0.1, 0.15) is 23.4 Å². The molecule has 0 aliphatic carbocycles. The number of aliphatic hydroxyl groups is 1. The van der Waals surface area contributed by atoms with Gasteiger partial charge < -0.3 is 19.3 Å². The number of aliphatic hydroxyl groups excluding tert-OH is 1. The Labute approximate surface area is 252 Å². The molecule has 0 saturated carbocycles. The number of halogens is 1. The molecule has 8 nitrogen and oxygen atoms in total. The number of benzene rings is 3. The molecule has 1 fully saturated rings. The SMILES string of the molecule is CCCCOc1ccc([C@@H]2/C(=C(\O)c3ccc4c(c3)C[C@H](C)O4)C(=O)C(=O)N2c2nc3ccc(F)cc3s2)cc1OCC. The van der Waals surface area contributed by atoms with E-state index in [-0.39, 0.29) is 22.6 Å². The highest BCUT2D eigenvalue weighted by Crippen LogP contribution is 2.46. The van der Waals surface area contributed by atoms with Gasteiger partial charge in [0.05, 0.1) is 35.0 Å². The van der Waals surface area contributed by atoms with Gasteiger partial charge in [-0.3, -0.25) is 14.5 Å². The van der Waals surface area contributed by atoms with E-state index < -0.39 is 23.5 Å². The van der Waals surface area contributed by atoms with Gasteiger partial charge in [-0.1, -0.05) is 30.7 Å². The third-order valence-electron chi connectivity index (χ3n) is 7.50. The molecule has 2 aliphatic rings. The smallest absolute Gasteiger partial charge is 0.301 e. The maximum atomic E-state index is 14.0. The van der Waals surface area contributed by atoms with Crippen molar-refractivity contribution < 1.29 is 33.3 Å². The van der Waals surface area contributed by atoms with Gasteiger partial charge in [-0.15, -0.1) is 0 Å². The molecule has 6 rings (SSSR count). The minimum absolute atomic E-state index is 0.00288. The fourth-order valence-electron chi connectivity index (χ4n) is 5.47. The van der Waals surface area contributed by atoms with Crippen LogP contribution in [0.2, 0.25) is 0 Å². The first-order valence-corrected chi connectivity index (χ1v) is 15.2. The molecule has 0 radical (unpaired) electrons. The Morgan fingerprint density at radius 1 is 1.09 bits per heavy atom. The lowest BCUT2D eigenvalue weighted by atomic mass is 9.94. The van der Waals surface area contributed by atoms with Crippen LogP contribution in [0.1, 0.15) is 56.3 Å². The second-order valence-electron chi connectivity index (χ2n) is 10.6. The van der Waals surface area contributed by atoms with Crippen molar-refractivity contribution >= 4 is 44.1 Å². The van der Waals surface area contributed by atoms with Crippen molar-refractivity contribution in [3.8, 4) is 17.2 Å². The van der Waals surface area contributed by atoms with Crippen molar-refractivity contribution in [2.45, 2.75) is 52.2 Å². The summed E-state index contributed by atoms with van der Waals surface area (Å²) in [6, 6.07) is 13.6. The molecule has 0 spiro atoms. The molecule has 0 unspecified atom stereocenters. The molecule has 1 N–H and O–H groups in total. The summed E-state index contributed by atoms with van der Waals surface area (Å²) in [5.41, 5.74) is 2.24. The fraction of sp³-hybridized carbons (Fsp3) is 0.303. The largest absolute Gasteiger partial charge is 0.507 e. The van der Waals surface area contributed by atoms with E-state index in [2.05, 4.69) is 11.9 Å². The monoisotopic (exact) mass is 602 g/mol. The standard InChI is InChI=1S/C33H31FN2O6S/c1-4-6-13-41-25-12-7-19(16-26(25)40-5-2)29-28(30(37)20-8-11-24-21(15-20)14-18(3)42-24)31(38)32(39)36(29)33-35-23-10-9-22(34)17-27(23)43-33/h7-12,15-18,29,37H,4-6,13-14H2,1-3H3/b30-28+/t18-,29+/m0/s1. The van der Waals surface area contributed by atoms with E-state index in [0.29, 0.717) is 52.5 Å². The predicted molar refractivity (Wildman–Crippen MR) is 163 cm³/mol. The lowest BCUT2D eigenvalue weighted by molar-refractivity contribution is -0.132. The van der Waals surface area contributed by atoms with Crippen LogP contribution in [-0.4, -0.2) is 41.1 Å². The van der Waals surface area contributed by atoms with Crippen molar-refractivity contribution in [3.63, 3.8) is 0 Å². The zero-order valence-corrected chi connectivity index (χ0v) is 24.9. The lowest BCUT2D eigenvalue weighted by Gasteiger charge is -2.24. The van der Waals surface area contributed by atoms with Crippen molar-refractivity contribution in [3.05, 3.63) is 82.7 Å². The minimum atomic E-state index is -1.03. The van der Waals surface area contributed by atoms with E-state index in [0.717, 1.165) is 35.5 Å². The van der Waals surface area contributed by atoms with Crippen LogP contribution >= 0.6 is 11.3 Å². The van der Waals surface area contributed by atoms with Gasteiger partial charge in [0.15, 0.2) is 16.6 Å². The highest BCUT2D eigenvalue weighted by Gasteiger charge is 2.48. The molecule has 3 heterocycles. The molecule has 1 amide bonds. The summed E-state index contributed by atoms with van der Waals surface area (Å²) in [6.45, 7) is 6.77. The molecule has 0 bridgehead atoms. The normalized spacial score (nSPS) is 19.1. The summed E-state index contributed by atoms with van der Waals surface area (Å²) >= 11 is 1.10. The Hall–Kier alpha value is -4.44. The molecule has 2 atom stereocenters. The number of ether oxygens (including phenoxy) is 3. The highest BCUT2D eigenvalue weighted by molar-refractivity contribution is 7.22. The van der Waals surface area contributed by atoms with Crippen LogP contribution in [-0.2, 0) is 16.0 Å². The Bertz CT molecular complexity index is 1770. The molecule has 43 heavy (non-hydrogen) atoms. The van der Waals surface area contributed by atoms with E-state index in [1.54, 1.807) is 36.4 Å². The highest BCUT2D eigenvalue weighted by atomic mass is 32.1. The number of unbranched alkanes of at least 4 members (excludes halogenated alkanes) is 1. The number of ketones is 1. The van der Waals surface area contributed by atoms with Crippen LogP contribution in [0.15, 0.2) is 60.2 Å². The minimum Gasteiger partial charge on any atom is -0.507 e. The lowest BCUT2D eigenvalue weighted by Crippen LogP contribution is -2.29. The van der Waals surface area contributed by atoms with Crippen LogP contribution < -0.4 is 19.1 Å². The molecule has 3 aromatic carbocycles. The van der Waals surface area contributed by atoms with E-state index in [1.165, 1.54) is 23.1 Å². The number of carbonyl (C=O) groups excluding carboxylic acids is 2. The number of nitrogens with zero attached hydrogens (tertiary/aromatic N) is 2. The molecular formula is C33H31FN2O6S. The van der Waals surface area contributed by atoms with Crippen LogP contribution in [0.25, 0.3) is 16.0 Å². The van der Waals surface area contributed by atoms with Crippen LogP contribution in [0.3, 0.4) is 0 Å². The maximum Gasteiger partial charge on any atom is 0.301 e. The predicted octanol–water partition coefficient (Wildman–Crippen LogP) is 6.96. The molecule has 4 aromatic rings. The van der Waals surface area contributed by atoms with E-state index in [1.807, 2.05) is 13.8 Å². The number of amides is 1. The number of Topliss-reactive ketones (excluding diaryl/α,β-unsaturated/α-hetero) is 1. The first-order valence-electron chi connectivity index (χ1n) is 14.4. The first-order chi connectivity index (χ1) is 20.8. The Morgan fingerprint density at radius 2 is 1.93 bits per heavy atom. The Balaban J connectivity index is 1.51. The van der Waals surface area contributed by atoms with Crippen molar-refractivity contribution in [1.82, 2.24) is 4.98 Å². The fourth-order valence-corrected chi connectivity index (χ4v) is 6.49. The zero-order valence-electron chi connectivity index (χ0n) is 24.1. The molecule has 222 valence electrons. The topological polar surface area (TPSA) is 98.2 Å². The maximum absolute atomic E-state index is 14.0. The van der Waals surface area contributed by atoms with E-state index >= 15 is 0 Å². The average Bonchev–Trinajstić information content (AvgIpc) is 3.65. The van der Waals surface area contributed by atoms with Gasteiger partial charge in [-0.2, -0.15) is 0 Å². The number of carbonyl (C=O) groups is 2. The Morgan fingerprint density at radius 3 is 2.72 bits per heavy atom. The Kier molecular flexibility index (Phi) is 7.79. The van der Waals surface area contributed by atoms with Gasteiger partial charge in [0.25, 0.3) is 5.78 Å². The summed E-state index contributed by atoms with van der Waals surface area (Å²) < 4.78 is 32.2. The van der Waals surface area contributed by atoms with Crippen molar-refractivity contribution in [1.29, 1.82) is 0 Å². The second kappa shape index (κ2) is 11.7. The number of hydrogen-bond acceptors (Lipinski definition) is 8. The molecule has 2 aliphatic heterocycles. The second-order valence-corrected chi connectivity index (χ2v) is 11.6. The van der Waals surface area contributed by atoms with Gasteiger partial charge in [0.2, 0.25) is 0 Å². The number of thiazole rings is 1. The van der Waals surface area contributed by atoms with Crippen LogP contribution in [0.4, 0.5) is 9.52 Å². The van der Waals surface area contributed by atoms with E-state index in [9.17, 15) is 19.1 Å². The molecule has 10 heteroatoms. The van der Waals surface area contributed by atoms with Gasteiger partial charge in [-0.25, -0.2) is 9.37 Å². The first kappa shape index (κ1) is 28.7. The average molecular weight is 603 g/mol. The third kappa shape index (κ3) is 5.31. The van der Waals surface area contributed by atoms with Crippen molar-refractivity contribution in [2.24, 2.45) is 0 Å². The number of aromatic nitrogens is 1. The van der Waals surface area contributed by atoms with Gasteiger partial charge >= 0.3 is 5.91 Å². The van der Waals surface area contributed by atoms with Gasteiger partial charge in [-0.05, 0) is 79.9 Å². The number of anilines is 1. The summed E-state index contributed by atoms with van der Waals surface area (Å²) in [4.78, 5) is 33.3. The molecular weight excluding hydrogens is 571 g/mol. The summed E-state index contributed by atoms with van der Waals surface area (Å²) in [5.74, 6) is -0.707. The van der Waals surface area contributed by atoms with Gasteiger partial charge in [0, 0.05) is 12.0 Å². The number of fused-ring (bicyclic) bond motifs is 2. The molecule has 1 saturated heterocycles. The summed E-state index contributed by atoms with van der Waals surface area (Å²) in [5, 5.41) is 11.9. The van der Waals surface area contributed by atoms with Crippen LogP contribution in [0, 0.1) is 5.82 Å². The van der Waals surface area contributed by atoms with E-state index in [4.69, 9.17) is 14.2 Å². The third-order valence-corrected chi connectivity index (χ3v) is 8.52. The number of hydrogen-bond donors (Lipinski definition) is 1. The van der Waals surface area contributed by atoms with Crippen LogP contribution in [0.5, 0.6) is 17.2 Å². The molecule has 1 aromatic heterocycles. The zero-order chi connectivity index (χ0) is 30.2. The summed E-state index contributed by atoms with van der Waals surface area (Å²) in [6.07, 6.45) is 2.50. The number of rotatable bonds is 9. The quantitative estimate of drug-likeness (QED) is 0.0957. The van der Waals surface area contributed by atoms with Crippen molar-refractivity contribution in [2.75, 3.05) is 18.1 Å². The summed E-state index contributed by atoms with van der Waals surface area (Å²) in [7, 11) is 0.